The molecule has 2 unspecified atom stereocenters. The van der Waals surface area contributed by atoms with Crippen LogP contribution >= 0.6 is 0 Å². The molecule has 2 atom stereocenters. The zero-order chi connectivity index (χ0) is 13.4. The van der Waals surface area contributed by atoms with Crippen molar-refractivity contribution in [2.75, 3.05) is 26.8 Å². The van der Waals surface area contributed by atoms with Gasteiger partial charge in [-0.15, -0.1) is 0 Å². The van der Waals surface area contributed by atoms with E-state index in [1.807, 2.05) is 4.90 Å². The number of amides is 1. The fraction of sp³-hybridized carbons (Fsp3) is 0.929. The van der Waals surface area contributed by atoms with E-state index in [0.29, 0.717) is 13.0 Å². The summed E-state index contributed by atoms with van der Waals surface area (Å²) in [5.74, 6) is 0.896. The fourth-order valence-corrected chi connectivity index (χ4v) is 2.69. The zero-order valence-corrected chi connectivity index (χ0v) is 11.9. The number of carbonyl (C=O) groups excluding carboxylic acids is 1. The molecule has 1 saturated heterocycles. The maximum Gasteiger partial charge on any atom is 0.239 e. The van der Waals surface area contributed by atoms with Crippen molar-refractivity contribution in [1.29, 1.82) is 0 Å². The predicted octanol–water partition coefficient (Wildman–Crippen LogP) is 1.78. The molecule has 18 heavy (non-hydrogen) atoms. The molecule has 0 saturated carbocycles. The Morgan fingerprint density at radius 1 is 1.44 bits per heavy atom. The normalized spacial score (nSPS) is 22.6. The SMILES string of the molecule is CCCC1CCCN(C(=O)C(N)CCOC)CC1. The van der Waals surface area contributed by atoms with Gasteiger partial charge in [-0.1, -0.05) is 19.8 Å². The maximum absolute atomic E-state index is 12.2. The van der Waals surface area contributed by atoms with Gasteiger partial charge >= 0.3 is 0 Å². The Kier molecular flexibility index (Phi) is 7.28. The highest BCUT2D eigenvalue weighted by molar-refractivity contribution is 5.81. The highest BCUT2D eigenvalue weighted by Gasteiger charge is 2.23. The molecular formula is C14H28N2O2. The lowest BCUT2D eigenvalue weighted by atomic mass is 9.96. The summed E-state index contributed by atoms with van der Waals surface area (Å²) < 4.78 is 4.97. The second-order valence-corrected chi connectivity index (χ2v) is 5.30. The second kappa shape index (κ2) is 8.48. The molecule has 4 nitrogen and oxygen atoms in total. The van der Waals surface area contributed by atoms with Gasteiger partial charge in [0.2, 0.25) is 5.91 Å². The van der Waals surface area contributed by atoms with Crippen molar-refractivity contribution < 1.29 is 9.53 Å². The Labute approximate surface area is 111 Å². The number of ether oxygens (including phenoxy) is 1. The van der Waals surface area contributed by atoms with E-state index in [1.165, 1.54) is 19.3 Å². The molecule has 1 aliphatic heterocycles. The summed E-state index contributed by atoms with van der Waals surface area (Å²) in [4.78, 5) is 14.1. The summed E-state index contributed by atoms with van der Waals surface area (Å²) in [7, 11) is 1.64. The Balaban J connectivity index is 2.39. The molecule has 0 aromatic heterocycles. The minimum absolute atomic E-state index is 0.101. The van der Waals surface area contributed by atoms with Gasteiger partial charge in [0.25, 0.3) is 0 Å². The molecule has 0 aromatic carbocycles. The van der Waals surface area contributed by atoms with Crippen molar-refractivity contribution in [1.82, 2.24) is 4.90 Å². The predicted molar refractivity (Wildman–Crippen MR) is 73.3 cm³/mol. The van der Waals surface area contributed by atoms with Crippen molar-refractivity contribution in [3.8, 4) is 0 Å². The minimum Gasteiger partial charge on any atom is -0.385 e. The quantitative estimate of drug-likeness (QED) is 0.788. The highest BCUT2D eigenvalue weighted by Crippen LogP contribution is 2.22. The summed E-state index contributed by atoms with van der Waals surface area (Å²) in [6.45, 7) is 4.54. The molecule has 0 spiro atoms. The molecule has 0 aliphatic carbocycles. The molecule has 0 radical (unpaired) electrons. The molecule has 1 aliphatic rings. The maximum atomic E-state index is 12.2. The van der Waals surface area contributed by atoms with E-state index in [9.17, 15) is 4.79 Å². The van der Waals surface area contributed by atoms with Gasteiger partial charge in [0, 0.05) is 26.8 Å². The largest absolute Gasteiger partial charge is 0.385 e. The number of rotatable bonds is 6. The van der Waals surface area contributed by atoms with Gasteiger partial charge in [0.05, 0.1) is 6.04 Å². The van der Waals surface area contributed by atoms with Crippen molar-refractivity contribution in [3.63, 3.8) is 0 Å². The molecule has 1 rings (SSSR count). The van der Waals surface area contributed by atoms with E-state index in [0.717, 1.165) is 31.8 Å². The number of hydrogen-bond acceptors (Lipinski definition) is 3. The van der Waals surface area contributed by atoms with Crippen LogP contribution < -0.4 is 5.73 Å². The van der Waals surface area contributed by atoms with Crippen molar-refractivity contribution >= 4 is 5.91 Å². The Morgan fingerprint density at radius 3 is 2.89 bits per heavy atom. The van der Waals surface area contributed by atoms with E-state index in [2.05, 4.69) is 6.92 Å². The van der Waals surface area contributed by atoms with E-state index in [-0.39, 0.29) is 5.91 Å². The van der Waals surface area contributed by atoms with Crippen LogP contribution in [0.15, 0.2) is 0 Å². The third-order valence-corrected chi connectivity index (χ3v) is 3.81. The molecule has 1 heterocycles. The standard InChI is InChI=1S/C14H28N2O2/c1-3-5-12-6-4-9-16(10-7-12)14(17)13(15)8-11-18-2/h12-13H,3-11,15H2,1-2H3. The van der Waals surface area contributed by atoms with E-state index < -0.39 is 6.04 Å². The summed E-state index contributed by atoms with van der Waals surface area (Å²) in [6.07, 6.45) is 6.66. The van der Waals surface area contributed by atoms with Crippen LogP contribution in [-0.2, 0) is 9.53 Å². The van der Waals surface area contributed by atoms with Gasteiger partial charge in [0.1, 0.15) is 0 Å². The summed E-state index contributed by atoms with van der Waals surface area (Å²) in [5, 5.41) is 0. The molecule has 2 N–H and O–H groups in total. The Morgan fingerprint density at radius 2 is 2.22 bits per heavy atom. The first-order chi connectivity index (χ1) is 8.69. The zero-order valence-electron chi connectivity index (χ0n) is 11.9. The number of likely N-dealkylation sites (tertiary alicyclic amines) is 1. The monoisotopic (exact) mass is 256 g/mol. The lowest BCUT2D eigenvalue weighted by Gasteiger charge is -2.24. The van der Waals surface area contributed by atoms with E-state index in [4.69, 9.17) is 10.5 Å². The summed E-state index contributed by atoms with van der Waals surface area (Å²) in [5.41, 5.74) is 5.91. The van der Waals surface area contributed by atoms with Crippen molar-refractivity contribution in [2.24, 2.45) is 11.7 Å². The van der Waals surface area contributed by atoms with Crippen molar-refractivity contribution in [3.05, 3.63) is 0 Å². The smallest absolute Gasteiger partial charge is 0.239 e. The first kappa shape index (κ1) is 15.4. The van der Waals surface area contributed by atoms with Gasteiger partial charge in [-0.05, 0) is 31.6 Å². The van der Waals surface area contributed by atoms with Crippen LogP contribution in [0.25, 0.3) is 0 Å². The molecule has 4 heteroatoms. The average Bonchev–Trinajstić information content (AvgIpc) is 2.61. The van der Waals surface area contributed by atoms with Crippen molar-refractivity contribution in [2.45, 2.75) is 51.5 Å². The van der Waals surface area contributed by atoms with Gasteiger partial charge in [0.15, 0.2) is 0 Å². The summed E-state index contributed by atoms with van der Waals surface area (Å²) in [6, 6.07) is -0.396. The number of carbonyl (C=O) groups is 1. The van der Waals surface area contributed by atoms with Gasteiger partial charge in [-0.3, -0.25) is 4.79 Å². The first-order valence-corrected chi connectivity index (χ1v) is 7.22. The number of nitrogens with zero attached hydrogens (tertiary/aromatic N) is 1. The highest BCUT2D eigenvalue weighted by atomic mass is 16.5. The second-order valence-electron chi connectivity index (χ2n) is 5.30. The fourth-order valence-electron chi connectivity index (χ4n) is 2.69. The third-order valence-electron chi connectivity index (χ3n) is 3.81. The minimum atomic E-state index is -0.396. The molecular weight excluding hydrogens is 228 g/mol. The van der Waals surface area contributed by atoms with Gasteiger partial charge < -0.3 is 15.4 Å². The van der Waals surface area contributed by atoms with Crippen LogP contribution in [0, 0.1) is 5.92 Å². The Hall–Kier alpha value is -0.610. The van der Waals surface area contributed by atoms with Crippen LogP contribution in [-0.4, -0.2) is 43.7 Å². The molecule has 1 fully saturated rings. The molecule has 0 aromatic rings. The van der Waals surface area contributed by atoms with E-state index >= 15 is 0 Å². The molecule has 0 bridgehead atoms. The lowest BCUT2D eigenvalue weighted by molar-refractivity contribution is -0.133. The average molecular weight is 256 g/mol. The lowest BCUT2D eigenvalue weighted by Crippen LogP contribution is -2.44. The van der Waals surface area contributed by atoms with Gasteiger partial charge in [-0.25, -0.2) is 0 Å². The van der Waals surface area contributed by atoms with Crippen LogP contribution in [0.5, 0.6) is 0 Å². The summed E-state index contributed by atoms with van der Waals surface area (Å²) >= 11 is 0. The number of hydrogen-bond donors (Lipinski definition) is 1. The topological polar surface area (TPSA) is 55.6 Å². The van der Waals surface area contributed by atoms with Crippen LogP contribution in [0.4, 0.5) is 0 Å². The number of methoxy groups -OCH3 is 1. The van der Waals surface area contributed by atoms with Crippen LogP contribution in [0.1, 0.15) is 45.4 Å². The molecule has 106 valence electrons. The third kappa shape index (κ3) is 4.94. The van der Waals surface area contributed by atoms with Crippen LogP contribution in [0.3, 0.4) is 0 Å². The molecule has 1 amide bonds. The first-order valence-electron chi connectivity index (χ1n) is 7.22. The van der Waals surface area contributed by atoms with Crippen LogP contribution in [0.2, 0.25) is 0 Å². The Bertz CT molecular complexity index is 246. The van der Waals surface area contributed by atoms with Gasteiger partial charge in [-0.2, -0.15) is 0 Å². The van der Waals surface area contributed by atoms with E-state index in [1.54, 1.807) is 7.11 Å². The number of nitrogens with two attached hydrogens (primary N) is 1.